The molecule has 0 saturated heterocycles. The SMILES string of the molecule is C=CCCC(CC(C)C)(C(N)=O)C(=O)O. The Balaban J connectivity index is 4.98. The number of carbonyl (C=O) groups excluding carboxylic acids is 1. The molecule has 4 heteroatoms. The summed E-state index contributed by atoms with van der Waals surface area (Å²) >= 11 is 0. The molecule has 1 atom stereocenters. The molecule has 0 aromatic rings. The van der Waals surface area contributed by atoms with Crippen LogP contribution >= 0.6 is 0 Å². The summed E-state index contributed by atoms with van der Waals surface area (Å²) in [5.74, 6) is -1.78. The number of aliphatic carboxylic acids is 1. The Kier molecular flexibility index (Phi) is 5.05. The van der Waals surface area contributed by atoms with Gasteiger partial charge in [0.1, 0.15) is 5.41 Å². The largest absolute Gasteiger partial charge is 0.480 e. The number of hydrogen-bond acceptors (Lipinski definition) is 2. The van der Waals surface area contributed by atoms with Crippen LogP contribution in [0.5, 0.6) is 0 Å². The van der Waals surface area contributed by atoms with Gasteiger partial charge < -0.3 is 10.8 Å². The van der Waals surface area contributed by atoms with Crippen molar-refractivity contribution in [1.29, 1.82) is 0 Å². The van der Waals surface area contributed by atoms with Crippen LogP contribution in [-0.4, -0.2) is 17.0 Å². The van der Waals surface area contributed by atoms with Crippen LogP contribution in [0.4, 0.5) is 0 Å². The highest BCUT2D eigenvalue weighted by Gasteiger charge is 2.44. The van der Waals surface area contributed by atoms with Crippen molar-refractivity contribution >= 4 is 11.9 Å². The maximum absolute atomic E-state index is 11.3. The summed E-state index contributed by atoms with van der Waals surface area (Å²) in [6.07, 6.45) is 2.56. The van der Waals surface area contributed by atoms with Gasteiger partial charge in [-0.15, -0.1) is 6.58 Å². The topological polar surface area (TPSA) is 80.4 Å². The third-order valence-electron chi connectivity index (χ3n) is 2.41. The first kappa shape index (κ1) is 13.7. The second kappa shape index (κ2) is 5.53. The molecule has 0 aliphatic carbocycles. The molecule has 15 heavy (non-hydrogen) atoms. The Bertz CT molecular complexity index is 245. The van der Waals surface area contributed by atoms with Crippen LogP contribution in [0.1, 0.15) is 33.1 Å². The zero-order valence-corrected chi connectivity index (χ0v) is 9.32. The van der Waals surface area contributed by atoms with E-state index in [-0.39, 0.29) is 18.8 Å². The van der Waals surface area contributed by atoms with Gasteiger partial charge in [-0.05, 0) is 25.2 Å². The van der Waals surface area contributed by atoms with E-state index >= 15 is 0 Å². The first-order chi connectivity index (χ1) is 6.86. The lowest BCUT2D eigenvalue weighted by atomic mass is 9.76. The summed E-state index contributed by atoms with van der Waals surface area (Å²) in [5, 5.41) is 9.13. The van der Waals surface area contributed by atoms with E-state index in [0.29, 0.717) is 6.42 Å². The number of carboxylic acid groups (broad SMARTS) is 1. The predicted octanol–water partition coefficient (Wildman–Crippen LogP) is 1.55. The molecule has 86 valence electrons. The summed E-state index contributed by atoms with van der Waals surface area (Å²) in [6.45, 7) is 7.26. The van der Waals surface area contributed by atoms with Gasteiger partial charge >= 0.3 is 5.97 Å². The first-order valence-electron chi connectivity index (χ1n) is 5.01. The molecule has 0 heterocycles. The van der Waals surface area contributed by atoms with Crippen LogP contribution in [0.3, 0.4) is 0 Å². The summed E-state index contributed by atoms with van der Waals surface area (Å²) in [7, 11) is 0. The standard InChI is InChI=1S/C11H19NO3/c1-4-5-6-11(9(12)13,10(14)15)7-8(2)3/h4,8H,1,5-7H2,2-3H3,(H2,12,13)(H,14,15). The number of allylic oxidation sites excluding steroid dienone is 1. The Morgan fingerprint density at radius 3 is 2.33 bits per heavy atom. The summed E-state index contributed by atoms with van der Waals surface area (Å²) in [6, 6.07) is 0. The molecule has 0 aromatic carbocycles. The van der Waals surface area contributed by atoms with Gasteiger partial charge in [0.15, 0.2) is 0 Å². The van der Waals surface area contributed by atoms with Gasteiger partial charge in [0, 0.05) is 0 Å². The Morgan fingerprint density at radius 1 is 1.53 bits per heavy atom. The minimum absolute atomic E-state index is 0.110. The zero-order valence-electron chi connectivity index (χ0n) is 9.32. The van der Waals surface area contributed by atoms with E-state index < -0.39 is 17.3 Å². The van der Waals surface area contributed by atoms with E-state index in [2.05, 4.69) is 6.58 Å². The van der Waals surface area contributed by atoms with E-state index in [1.54, 1.807) is 6.08 Å². The van der Waals surface area contributed by atoms with Gasteiger partial charge in [-0.1, -0.05) is 19.9 Å². The summed E-state index contributed by atoms with van der Waals surface area (Å²) < 4.78 is 0. The first-order valence-corrected chi connectivity index (χ1v) is 5.01. The van der Waals surface area contributed by atoms with E-state index in [0.717, 1.165) is 0 Å². The molecule has 0 rings (SSSR count). The van der Waals surface area contributed by atoms with E-state index in [1.807, 2.05) is 13.8 Å². The lowest BCUT2D eigenvalue weighted by Crippen LogP contribution is -2.44. The molecular weight excluding hydrogens is 194 g/mol. The molecule has 0 aromatic heterocycles. The molecule has 0 aliphatic heterocycles. The normalized spacial score (nSPS) is 14.6. The molecule has 0 spiro atoms. The van der Waals surface area contributed by atoms with Crippen molar-refractivity contribution in [3.8, 4) is 0 Å². The third-order valence-corrected chi connectivity index (χ3v) is 2.41. The van der Waals surface area contributed by atoms with Crippen LogP contribution in [0.2, 0.25) is 0 Å². The van der Waals surface area contributed by atoms with Gasteiger partial charge in [0.05, 0.1) is 0 Å². The number of amides is 1. The number of carbonyl (C=O) groups is 2. The smallest absolute Gasteiger partial charge is 0.319 e. The monoisotopic (exact) mass is 213 g/mol. The van der Waals surface area contributed by atoms with E-state index in [4.69, 9.17) is 10.8 Å². The number of rotatable bonds is 7. The lowest BCUT2D eigenvalue weighted by Gasteiger charge is -2.27. The molecule has 0 aliphatic rings. The molecule has 0 bridgehead atoms. The highest BCUT2D eigenvalue weighted by Crippen LogP contribution is 2.32. The molecule has 0 radical (unpaired) electrons. The van der Waals surface area contributed by atoms with Gasteiger partial charge in [-0.2, -0.15) is 0 Å². The maximum Gasteiger partial charge on any atom is 0.319 e. The number of hydrogen-bond donors (Lipinski definition) is 2. The van der Waals surface area contributed by atoms with Crippen molar-refractivity contribution in [3.05, 3.63) is 12.7 Å². The zero-order chi connectivity index (χ0) is 12.1. The van der Waals surface area contributed by atoms with Crippen molar-refractivity contribution < 1.29 is 14.7 Å². The van der Waals surface area contributed by atoms with Crippen molar-refractivity contribution in [3.63, 3.8) is 0 Å². The lowest BCUT2D eigenvalue weighted by molar-refractivity contribution is -0.156. The molecule has 3 N–H and O–H groups in total. The molecule has 0 saturated carbocycles. The van der Waals surface area contributed by atoms with Crippen molar-refractivity contribution in [1.82, 2.24) is 0 Å². The molecule has 4 nitrogen and oxygen atoms in total. The van der Waals surface area contributed by atoms with Crippen molar-refractivity contribution in [2.24, 2.45) is 17.1 Å². The fourth-order valence-corrected chi connectivity index (χ4v) is 1.67. The van der Waals surface area contributed by atoms with Gasteiger partial charge in [-0.25, -0.2) is 0 Å². The van der Waals surface area contributed by atoms with Gasteiger partial charge in [0.2, 0.25) is 5.91 Å². The second-order valence-electron chi connectivity index (χ2n) is 4.18. The minimum atomic E-state index is -1.44. The van der Waals surface area contributed by atoms with Crippen LogP contribution < -0.4 is 5.73 Å². The maximum atomic E-state index is 11.3. The average molecular weight is 213 g/mol. The number of primary amides is 1. The Labute approximate surface area is 90.2 Å². The third kappa shape index (κ3) is 3.38. The Morgan fingerprint density at radius 2 is 2.07 bits per heavy atom. The van der Waals surface area contributed by atoms with Crippen LogP contribution in [0, 0.1) is 11.3 Å². The summed E-state index contributed by atoms with van der Waals surface area (Å²) in [5.41, 5.74) is 3.77. The van der Waals surface area contributed by atoms with Gasteiger partial charge in [-0.3, -0.25) is 9.59 Å². The molecular formula is C11H19NO3. The second-order valence-corrected chi connectivity index (χ2v) is 4.18. The molecule has 1 amide bonds. The highest BCUT2D eigenvalue weighted by atomic mass is 16.4. The van der Waals surface area contributed by atoms with Gasteiger partial charge in [0.25, 0.3) is 0 Å². The number of carboxylic acids is 1. The van der Waals surface area contributed by atoms with Crippen molar-refractivity contribution in [2.75, 3.05) is 0 Å². The number of nitrogens with two attached hydrogens (primary N) is 1. The minimum Gasteiger partial charge on any atom is -0.480 e. The van der Waals surface area contributed by atoms with Crippen LogP contribution in [0.15, 0.2) is 12.7 Å². The average Bonchev–Trinajstić information content (AvgIpc) is 2.10. The van der Waals surface area contributed by atoms with Crippen LogP contribution in [0.25, 0.3) is 0 Å². The molecule has 0 fully saturated rings. The summed E-state index contributed by atoms with van der Waals surface area (Å²) in [4.78, 5) is 22.5. The fourth-order valence-electron chi connectivity index (χ4n) is 1.67. The van der Waals surface area contributed by atoms with E-state index in [1.165, 1.54) is 0 Å². The quantitative estimate of drug-likeness (QED) is 0.497. The Hall–Kier alpha value is -1.32. The molecule has 1 unspecified atom stereocenters. The predicted molar refractivity (Wildman–Crippen MR) is 58.1 cm³/mol. The van der Waals surface area contributed by atoms with Crippen LogP contribution in [-0.2, 0) is 9.59 Å². The fraction of sp³-hybridized carbons (Fsp3) is 0.636. The van der Waals surface area contributed by atoms with Crippen molar-refractivity contribution in [2.45, 2.75) is 33.1 Å². The highest BCUT2D eigenvalue weighted by molar-refractivity contribution is 6.01. The van der Waals surface area contributed by atoms with E-state index in [9.17, 15) is 9.59 Å².